The van der Waals surface area contributed by atoms with Crippen LogP contribution in [0.3, 0.4) is 0 Å². The molecule has 0 aromatic heterocycles. The van der Waals surface area contributed by atoms with Gasteiger partial charge in [-0.25, -0.2) is 4.39 Å². The van der Waals surface area contributed by atoms with Crippen molar-refractivity contribution < 1.29 is 4.39 Å². The van der Waals surface area contributed by atoms with Crippen LogP contribution in [0.1, 0.15) is 24.1 Å². The van der Waals surface area contributed by atoms with Gasteiger partial charge in [0.2, 0.25) is 0 Å². The lowest BCUT2D eigenvalue weighted by Gasteiger charge is -2.25. The summed E-state index contributed by atoms with van der Waals surface area (Å²) in [6, 6.07) is 12.9. The van der Waals surface area contributed by atoms with E-state index in [-0.39, 0.29) is 11.9 Å². The Morgan fingerprint density at radius 3 is 2.45 bits per heavy atom. The largest absolute Gasteiger partial charge is 0.295 e. The second-order valence-corrected chi connectivity index (χ2v) is 6.17. The Labute approximate surface area is 132 Å². The minimum atomic E-state index is -0.228. The molecule has 20 heavy (non-hydrogen) atoms. The van der Waals surface area contributed by atoms with E-state index >= 15 is 0 Å². The normalized spacial score (nSPS) is 12.7. The Kier molecular flexibility index (Phi) is 5.19. The maximum Gasteiger partial charge on any atom is 0.124 e. The Hall–Kier alpha value is -0.900. The first-order valence-corrected chi connectivity index (χ1v) is 7.54. The van der Waals surface area contributed by atoms with Crippen LogP contribution in [0.2, 0.25) is 5.02 Å². The first kappa shape index (κ1) is 15.5. The number of hydrogen-bond donors (Lipinski definition) is 0. The lowest BCUT2D eigenvalue weighted by molar-refractivity contribution is 0.252. The van der Waals surface area contributed by atoms with Gasteiger partial charge in [0.15, 0.2) is 0 Å². The number of rotatable bonds is 4. The molecule has 0 saturated heterocycles. The monoisotopic (exact) mass is 355 g/mol. The fourth-order valence-corrected chi connectivity index (χ4v) is 2.65. The fraction of sp³-hybridized carbons (Fsp3) is 0.250. The van der Waals surface area contributed by atoms with E-state index in [9.17, 15) is 4.39 Å². The van der Waals surface area contributed by atoms with Gasteiger partial charge in [0.1, 0.15) is 5.82 Å². The van der Waals surface area contributed by atoms with E-state index < -0.39 is 0 Å². The van der Waals surface area contributed by atoms with Crippen molar-refractivity contribution in [3.05, 3.63) is 68.9 Å². The van der Waals surface area contributed by atoms with Crippen LogP contribution in [-0.2, 0) is 6.54 Å². The van der Waals surface area contributed by atoms with Crippen molar-refractivity contribution in [1.29, 1.82) is 0 Å². The Bertz CT molecular complexity index is 586. The highest BCUT2D eigenvalue weighted by atomic mass is 79.9. The molecule has 2 aromatic carbocycles. The van der Waals surface area contributed by atoms with Crippen molar-refractivity contribution in [3.8, 4) is 0 Å². The van der Waals surface area contributed by atoms with Crippen LogP contribution in [0.5, 0.6) is 0 Å². The van der Waals surface area contributed by atoms with Gasteiger partial charge in [-0.05, 0) is 49.4 Å². The first-order valence-electron chi connectivity index (χ1n) is 6.37. The van der Waals surface area contributed by atoms with Gasteiger partial charge in [-0.15, -0.1) is 0 Å². The molecule has 1 unspecified atom stereocenters. The van der Waals surface area contributed by atoms with Crippen LogP contribution in [0.15, 0.2) is 46.9 Å². The molecule has 0 aliphatic carbocycles. The van der Waals surface area contributed by atoms with Gasteiger partial charge in [-0.1, -0.05) is 45.7 Å². The first-order chi connectivity index (χ1) is 9.47. The lowest BCUT2D eigenvalue weighted by Crippen LogP contribution is -2.22. The molecule has 2 aromatic rings. The van der Waals surface area contributed by atoms with Gasteiger partial charge in [-0.2, -0.15) is 0 Å². The van der Waals surface area contributed by atoms with Crippen LogP contribution in [-0.4, -0.2) is 11.9 Å². The lowest BCUT2D eigenvalue weighted by atomic mass is 10.1. The van der Waals surface area contributed by atoms with E-state index in [1.54, 1.807) is 0 Å². The topological polar surface area (TPSA) is 3.24 Å². The summed E-state index contributed by atoms with van der Waals surface area (Å²) in [7, 11) is 2.05. The van der Waals surface area contributed by atoms with Crippen LogP contribution in [0, 0.1) is 5.82 Å². The van der Waals surface area contributed by atoms with Gasteiger partial charge < -0.3 is 0 Å². The van der Waals surface area contributed by atoms with Gasteiger partial charge in [0.25, 0.3) is 0 Å². The van der Waals surface area contributed by atoms with Crippen molar-refractivity contribution in [2.45, 2.75) is 19.5 Å². The highest BCUT2D eigenvalue weighted by Crippen LogP contribution is 2.25. The number of nitrogens with zero attached hydrogens (tertiary/aromatic N) is 1. The van der Waals surface area contributed by atoms with E-state index in [1.165, 1.54) is 17.7 Å². The van der Waals surface area contributed by atoms with E-state index in [0.717, 1.165) is 21.6 Å². The zero-order chi connectivity index (χ0) is 14.7. The minimum Gasteiger partial charge on any atom is -0.295 e. The molecule has 0 heterocycles. The quantitative estimate of drug-likeness (QED) is 0.705. The molecule has 0 saturated carbocycles. The van der Waals surface area contributed by atoms with Crippen molar-refractivity contribution >= 4 is 27.5 Å². The molecule has 1 atom stereocenters. The average molecular weight is 357 g/mol. The van der Waals surface area contributed by atoms with Crippen LogP contribution < -0.4 is 0 Å². The summed E-state index contributed by atoms with van der Waals surface area (Å²) >= 11 is 9.31. The maximum absolute atomic E-state index is 13.1. The summed E-state index contributed by atoms with van der Waals surface area (Å²) in [6.07, 6.45) is 0. The number of hydrogen-bond acceptors (Lipinski definition) is 1. The molecule has 0 aliphatic rings. The average Bonchev–Trinajstić information content (AvgIpc) is 2.42. The van der Waals surface area contributed by atoms with Gasteiger partial charge in [-0.3, -0.25) is 4.90 Å². The maximum atomic E-state index is 13.1. The van der Waals surface area contributed by atoms with Gasteiger partial charge in [0, 0.05) is 22.1 Å². The minimum absolute atomic E-state index is 0.228. The molecule has 0 aliphatic heterocycles. The third-order valence-electron chi connectivity index (χ3n) is 3.45. The van der Waals surface area contributed by atoms with Crippen molar-refractivity contribution in [2.75, 3.05) is 7.05 Å². The molecule has 0 bridgehead atoms. The second kappa shape index (κ2) is 6.70. The van der Waals surface area contributed by atoms with Crippen LogP contribution in [0.4, 0.5) is 4.39 Å². The highest BCUT2D eigenvalue weighted by Gasteiger charge is 2.13. The van der Waals surface area contributed by atoms with Crippen LogP contribution >= 0.6 is 27.5 Å². The Morgan fingerprint density at radius 2 is 1.85 bits per heavy atom. The fourth-order valence-electron chi connectivity index (χ4n) is 2.05. The molecule has 2 rings (SSSR count). The van der Waals surface area contributed by atoms with Crippen molar-refractivity contribution in [1.82, 2.24) is 4.90 Å². The zero-order valence-electron chi connectivity index (χ0n) is 11.4. The molecule has 4 heteroatoms. The summed E-state index contributed by atoms with van der Waals surface area (Å²) in [4.78, 5) is 2.21. The molecular formula is C16H16BrClFN. The third-order valence-corrected chi connectivity index (χ3v) is 4.44. The molecule has 0 spiro atoms. The van der Waals surface area contributed by atoms with E-state index in [2.05, 4.69) is 34.8 Å². The Morgan fingerprint density at radius 1 is 1.20 bits per heavy atom. The summed E-state index contributed by atoms with van der Waals surface area (Å²) in [5.74, 6) is -0.228. The standard InChI is InChI=1S/C16H16BrClFN/c1-11(12-3-6-14(18)7-4-12)20(2)10-13-5-8-15(19)9-16(13)17/h3-9,11H,10H2,1-2H3. The molecule has 0 fully saturated rings. The predicted octanol–water partition coefficient (Wildman–Crippen LogP) is 5.43. The van der Waals surface area contributed by atoms with Crippen LogP contribution in [0.25, 0.3) is 0 Å². The van der Waals surface area contributed by atoms with Crippen molar-refractivity contribution in [2.24, 2.45) is 0 Å². The predicted molar refractivity (Wildman–Crippen MR) is 85.4 cm³/mol. The van der Waals surface area contributed by atoms with E-state index in [0.29, 0.717) is 0 Å². The molecule has 0 amide bonds. The van der Waals surface area contributed by atoms with Gasteiger partial charge in [0.05, 0.1) is 0 Å². The highest BCUT2D eigenvalue weighted by molar-refractivity contribution is 9.10. The molecule has 0 radical (unpaired) electrons. The van der Waals surface area contributed by atoms with Crippen molar-refractivity contribution in [3.63, 3.8) is 0 Å². The summed E-state index contributed by atoms with van der Waals surface area (Å²) < 4.78 is 13.9. The number of halogens is 3. The second-order valence-electron chi connectivity index (χ2n) is 4.88. The summed E-state index contributed by atoms with van der Waals surface area (Å²) in [5.41, 5.74) is 2.27. The Balaban J connectivity index is 2.11. The molecule has 0 N–H and O–H groups in total. The summed E-state index contributed by atoms with van der Waals surface area (Å²) in [6.45, 7) is 2.88. The number of benzene rings is 2. The smallest absolute Gasteiger partial charge is 0.124 e. The summed E-state index contributed by atoms with van der Waals surface area (Å²) in [5, 5.41) is 0.741. The van der Waals surface area contributed by atoms with E-state index in [4.69, 9.17) is 11.6 Å². The molecule has 106 valence electrons. The van der Waals surface area contributed by atoms with Gasteiger partial charge >= 0.3 is 0 Å². The van der Waals surface area contributed by atoms with E-state index in [1.807, 2.05) is 30.3 Å². The molecular weight excluding hydrogens is 341 g/mol. The SMILES string of the molecule is CC(c1ccc(Cl)cc1)N(C)Cc1ccc(F)cc1Br. The third kappa shape index (κ3) is 3.81. The zero-order valence-corrected chi connectivity index (χ0v) is 13.7. The molecule has 1 nitrogen and oxygen atoms in total.